The third kappa shape index (κ3) is 4.33. The molecule has 4 rings (SSSR count). The number of hydrogen-bond acceptors (Lipinski definition) is 3. The average molecular weight is 442 g/mol. The normalized spacial score (nSPS) is 11.6. The van der Waals surface area contributed by atoms with Crippen LogP contribution in [-0.2, 0) is 10.4 Å². The number of aryl methyl sites for hydroxylation is 1. The SMILES string of the molecule is Cc1cc(/C=N/NC(=O)C(O)(c2ccccc2)c2ccccc2)c(C)n1-c1cccc(F)c1. The van der Waals surface area contributed by atoms with E-state index in [4.69, 9.17) is 0 Å². The highest BCUT2D eigenvalue weighted by Crippen LogP contribution is 2.30. The molecular weight excluding hydrogens is 417 g/mol. The van der Waals surface area contributed by atoms with Crippen molar-refractivity contribution < 1.29 is 14.3 Å². The molecule has 0 radical (unpaired) electrons. The molecule has 0 spiro atoms. The number of nitrogens with zero attached hydrogens (tertiary/aromatic N) is 2. The van der Waals surface area contributed by atoms with Gasteiger partial charge in [0.2, 0.25) is 0 Å². The highest BCUT2D eigenvalue weighted by molar-refractivity contribution is 5.91. The van der Waals surface area contributed by atoms with Crippen molar-refractivity contribution >= 4 is 12.1 Å². The monoisotopic (exact) mass is 441 g/mol. The summed E-state index contributed by atoms with van der Waals surface area (Å²) in [6.45, 7) is 3.81. The zero-order valence-electron chi connectivity index (χ0n) is 18.4. The predicted octanol–water partition coefficient (Wildman–Crippen LogP) is 4.62. The number of aliphatic hydroxyl groups is 1. The Morgan fingerprint density at radius 2 is 1.55 bits per heavy atom. The van der Waals surface area contributed by atoms with Gasteiger partial charge in [-0.1, -0.05) is 66.7 Å². The molecular formula is C27H24FN3O2. The van der Waals surface area contributed by atoms with Crippen LogP contribution < -0.4 is 5.43 Å². The highest BCUT2D eigenvalue weighted by atomic mass is 19.1. The largest absolute Gasteiger partial charge is 0.372 e. The maximum atomic E-state index is 13.7. The van der Waals surface area contributed by atoms with Gasteiger partial charge in [-0.3, -0.25) is 4.79 Å². The van der Waals surface area contributed by atoms with Crippen molar-refractivity contribution in [2.45, 2.75) is 19.4 Å². The van der Waals surface area contributed by atoms with E-state index in [-0.39, 0.29) is 5.82 Å². The number of aromatic nitrogens is 1. The van der Waals surface area contributed by atoms with Gasteiger partial charge >= 0.3 is 0 Å². The van der Waals surface area contributed by atoms with Gasteiger partial charge in [0.25, 0.3) is 5.91 Å². The number of nitrogens with one attached hydrogen (secondary N) is 1. The highest BCUT2D eigenvalue weighted by Gasteiger charge is 2.39. The molecule has 3 aromatic carbocycles. The molecule has 0 saturated heterocycles. The van der Waals surface area contributed by atoms with E-state index in [0.717, 1.165) is 17.0 Å². The van der Waals surface area contributed by atoms with Crippen molar-refractivity contribution in [1.29, 1.82) is 0 Å². The lowest BCUT2D eigenvalue weighted by Gasteiger charge is -2.27. The number of carbonyl (C=O) groups excluding carboxylic acids is 1. The van der Waals surface area contributed by atoms with Crippen LogP contribution >= 0.6 is 0 Å². The van der Waals surface area contributed by atoms with Crippen LogP contribution in [0.3, 0.4) is 0 Å². The fraction of sp³-hybridized carbons (Fsp3) is 0.111. The first-order valence-electron chi connectivity index (χ1n) is 10.5. The Bertz CT molecular complexity index is 1260. The van der Waals surface area contributed by atoms with E-state index >= 15 is 0 Å². The summed E-state index contributed by atoms with van der Waals surface area (Å²) in [6.07, 6.45) is 1.52. The van der Waals surface area contributed by atoms with Gasteiger partial charge in [0, 0.05) is 22.6 Å². The first-order chi connectivity index (χ1) is 15.9. The van der Waals surface area contributed by atoms with E-state index in [1.54, 1.807) is 54.6 Å². The molecule has 2 N–H and O–H groups in total. The third-order valence-electron chi connectivity index (χ3n) is 5.62. The van der Waals surface area contributed by atoms with Crippen molar-refractivity contribution in [2.24, 2.45) is 5.10 Å². The van der Waals surface area contributed by atoms with Crippen molar-refractivity contribution in [2.75, 3.05) is 0 Å². The minimum Gasteiger partial charge on any atom is -0.372 e. The molecule has 1 aromatic heterocycles. The van der Waals surface area contributed by atoms with E-state index in [2.05, 4.69) is 10.5 Å². The zero-order chi connectivity index (χ0) is 23.4. The summed E-state index contributed by atoms with van der Waals surface area (Å²) in [6, 6.07) is 25.7. The second kappa shape index (κ2) is 9.22. The molecule has 0 unspecified atom stereocenters. The Labute approximate surface area is 191 Å². The second-order valence-electron chi connectivity index (χ2n) is 7.78. The summed E-state index contributed by atoms with van der Waals surface area (Å²) in [5.41, 5.74) is 4.67. The molecule has 0 atom stereocenters. The molecule has 0 saturated carbocycles. The standard InChI is InChI=1S/C27H24FN3O2/c1-19-16-21(20(2)31(19)25-15-9-14-24(28)17-25)18-29-30-26(32)27(33,22-10-5-3-6-11-22)23-12-7-4-8-13-23/h3-18,33H,1-2H3,(H,30,32)/b29-18+. The number of rotatable bonds is 6. The summed E-state index contributed by atoms with van der Waals surface area (Å²) >= 11 is 0. The van der Waals surface area contributed by atoms with Crippen LogP contribution in [0.1, 0.15) is 28.1 Å². The molecule has 1 heterocycles. The Morgan fingerprint density at radius 1 is 0.939 bits per heavy atom. The fourth-order valence-corrected chi connectivity index (χ4v) is 3.96. The van der Waals surface area contributed by atoms with E-state index in [9.17, 15) is 14.3 Å². The van der Waals surface area contributed by atoms with Gasteiger partial charge in [-0.2, -0.15) is 5.10 Å². The molecule has 0 fully saturated rings. The Morgan fingerprint density at radius 3 is 2.12 bits per heavy atom. The summed E-state index contributed by atoms with van der Waals surface area (Å²) in [4.78, 5) is 13.2. The first-order valence-corrected chi connectivity index (χ1v) is 10.5. The minimum absolute atomic E-state index is 0.316. The van der Waals surface area contributed by atoms with Crippen molar-refractivity contribution in [3.8, 4) is 5.69 Å². The fourth-order valence-electron chi connectivity index (χ4n) is 3.96. The minimum atomic E-state index is -1.90. The maximum Gasteiger partial charge on any atom is 0.281 e. The van der Waals surface area contributed by atoms with Crippen molar-refractivity contribution in [3.63, 3.8) is 0 Å². The quantitative estimate of drug-likeness (QED) is 0.339. The predicted molar refractivity (Wildman–Crippen MR) is 127 cm³/mol. The molecule has 166 valence electrons. The summed E-state index contributed by atoms with van der Waals surface area (Å²) in [5, 5.41) is 15.6. The Hall–Kier alpha value is -4.03. The molecule has 0 aliphatic heterocycles. The summed E-state index contributed by atoms with van der Waals surface area (Å²) in [7, 11) is 0. The van der Waals surface area contributed by atoms with Crippen LogP contribution in [0, 0.1) is 19.7 Å². The van der Waals surface area contributed by atoms with E-state index < -0.39 is 11.5 Å². The first kappa shape index (κ1) is 22.2. The molecule has 0 bridgehead atoms. The van der Waals surface area contributed by atoms with Crippen molar-refractivity contribution in [3.05, 3.63) is 125 Å². The van der Waals surface area contributed by atoms with Crippen LogP contribution in [0.15, 0.2) is 96.1 Å². The second-order valence-corrected chi connectivity index (χ2v) is 7.78. The van der Waals surface area contributed by atoms with Gasteiger partial charge < -0.3 is 9.67 Å². The summed E-state index contributed by atoms with van der Waals surface area (Å²) < 4.78 is 15.6. The lowest BCUT2D eigenvalue weighted by atomic mass is 9.85. The molecule has 4 aromatic rings. The van der Waals surface area contributed by atoms with E-state index in [1.807, 2.05) is 42.7 Å². The molecule has 6 heteroatoms. The smallest absolute Gasteiger partial charge is 0.281 e. The number of hydrogen-bond donors (Lipinski definition) is 2. The number of amides is 1. The number of hydrazone groups is 1. The third-order valence-corrected chi connectivity index (χ3v) is 5.62. The van der Waals surface area contributed by atoms with Gasteiger partial charge in [0.15, 0.2) is 5.60 Å². The number of halogens is 1. The van der Waals surface area contributed by atoms with E-state index in [0.29, 0.717) is 16.8 Å². The lowest BCUT2D eigenvalue weighted by Crippen LogP contribution is -2.43. The Balaban J connectivity index is 1.61. The van der Waals surface area contributed by atoms with Gasteiger partial charge in [0.1, 0.15) is 5.82 Å². The number of carbonyl (C=O) groups is 1. The van der Waals surface area contributed by atoms with Gasteiger partial charge in [-0.25, -0.2) is 9.82 Å². The average Bonchev–Trinajstić information content (AvgIpc) is 3.12. The molecule has 1 amide bonds. The lowest BCUT2D eigenvalue weighted by molar-refractivity contribution is -0.136. The van der Waals surface area contributed by atoms with Gasteiger partial charge in [0.05, 0.1) is 6.21 Å². The topological polar surface area (TPSA) is 66.6 Å². The molecule has 0 aliphatic carbocycles. The van der Waals surface area contributed by atoms with Crippen LogP contribution in [0.4, 0.5) is 4.39 Å². The summed E-state index contributed by atoms with van der Waals surface area (Å²) in [5.74, 6) is -0.987. The van der Waals surface area contributed by atoms with Crippen molar-refractivity contribution in [1.82, 2.24) is 9.99 Å². The molecule has 0 aliphatic rings. The number of benzene rings is 3. The molecule has 5 nitrogen and oxygen atoms in total. The van der Waals surface area contributed by atoms with E-state index in [1.165, 1.54) is 18.3 Å². The zero-order valence-corrected chi connectivity index (χ0v) is 18.4. The Kier molecular flexibility index (Phi) is 6.20. The van der Waals surface area contributed by atoms with Crippen LogP contribution in [0.2, 0.25) is 0 Å². The molecule has 33 heavy (non-hydrogen) atoms. The van der Waals surface area contributed by atoms with Crippen LogP contribution in [-0.4, -0.2) is 21.8 Å². The van der Waals surface area contributed by atoms with Crippen LogP contribution in [0.5, 0.6) is 0 Å². The maximum absolute atomic E-state index is 13.7. The van der Waals surface area contributed by atoms with Crippen LogP contribution in [0.25, 0.3) is 5.69 Å². The van der Waals surface area contributed by atoms with Gasteiger partial charge in [-0.15, -0.1) is 0 Å². The van der Waals surface area contributed by atoms with Gasteiger partial charge in [-0.05, 0) is 49.2 Å².